The third-order valence-electron chi connectivity index (χ3n) is 5.94. The number of ether oxygens (including phenoxy) is 1. The van der Waals surface area contributed by atoms with Crippen molar-refractivity contribution in [1.82, 2.24) is 14.5 Å². The summed E-state index contributed by atoms with van der Waals surface area (Å²) in [5.41, 5.74) is 4.10. The molecule has 176 valence electrons. The molecule has 1 aliphatic rings. The molecule has 3 heterocycles. The SMILES string of the molecule is CC(C)(C)OC(=O)N1CCN(c2cccc(Cn3c(-c4cccs4)nc4ccccc43)c2)CC1. The molecule has 0 saturated carbocycles. The normalized spacial score (nSPS) is 14.6. The number of anilines is 1. The number of benzene rings is 2. The van der Waals surface area contributed by atoms with Gasteiger partial charge in [0.25, 0.3) is 0 Å². The zero-order chi connectivity index (χ0) is 23.7. The van der Waals surface area contributed by atoms with Crippen LogP contribution in [0.4, 0.5) is 10.5 Å². The van der Waals surface area contributed by atoms with Crippen molar-refractivity contribution in [2.45, 2.75) is 32.9 Å². The maximum absolute atomic E-state index is 12.4. The highest BCUT2D eigenvalue weighted by atomic mass is 32.1. The van der Waals surface area contributed by atoms with Crippen LogP contribution in [0, 0.1) is 0 Å². The van der Waals surface area contributed by atoms with E-state index in [4.69, 9.17) is 9.72 Å². The molecule has 7 heteroatoms. The molecule has 0 unspecified atom stereocenters. The first-order valence-electron chi connectivity index (χ1n) is 11.7. The number of imidazole rings is 1. The van der Waals surface area contributed by atoms with Gasteiger partial charge in [-0.1, -0.05) is 30.3 Å². The first-order chi connectivity index (χ1) is 16.4. The van der Waals surface area contributed by atoms with Gasteiger partial charge in [-0.05, 0) is 62.0 Å². The second kappa shape index (κ2) is 9.14. The number of carbonyl (C=O) groups excluding carboxylic acids is 1. The first kappa shape index (κ1) is 22.5. The summed E-state index contributed by atoms with van der Waals surface area (Å²) in [4.78, 5) is 22.6. The zero-order valence-corrected chi connectivity index (χ0v) is 20.7. The van der Waals surface area contributed by atoms with Gasteiger partial charge in [-0.25, -0.2) is 9.78 Å². The number of para-hydroxylation sites is 2. The Morgan fingerprint density at radius 1 is 1.00 bits per heavy atom. The van der Waals surface area contributed by atoms with Crippen LogP contribution in [0.1, 0.15) is 26.3 Å². The fourth-order valence-corrected chi connectivity index (χ4v) is 5.06. The molecule has 1 fully saturated rings. The van der Waals surface area contributed by atoms with Gasteiger partial charge in [0.1, 0.15) is 5.60 Å². The molecule has 6 nitrogen and oxygen atoms in total. The topological polar surface area (TPSA) is 50.6 Å². The molecule has 0 aliphatic carbocycles. The average molecular weight is 475 g/mol. The fraction of sp³-hybridized carbons (Fsp3) is 0.333. The number of aromatic nitrogens is 2. The third-order valence-corrected chi connectivity index (χ3v) is 6.81. The van der Waals surface area contributed by atoms with E-state index in [1.807, 2.05) is 26.8 Å². The summed E-state index contributed by atoms with van der Waals surface area (Å²) in [6, 6.07) is 21.2. The molecule has 0 bridgehead atoms. The Morgan fingerprint density at radius 2 is 1.79 bits per heavy atom. The van der Waals surface area contributed by atoms with Gasteiger partial charge >= 0.3 is 6.09 Å². The molecule has 1 aliphatic heterocycles. The highest BCUT2D eigenvalue weighted by molar-refractivity contribution is 7.13. The Labute approximate surface area is 204 Å². The smallest absolute Gasteiger partial charge is 0.410 e. The Bertz CT molecular complexity index is 1280. The van der Waals surface area contributed by atoms with Gasteiger partial charge in [-0.3, -0.25) is 0 Å². The summed E-state index contributed by atoms with van der Waals surface area (Å²) >= 11 is 1.71. The van der Waals surface area contributed by atoms with Gasteiger partial charge < -0.3 is 19.1 Å². The maximum atomic E-state index is 12.4. The van der Waals surface area contributed by atoms with E-state index in [9.17, 15) is 4.79 Å². The van der Waals surface area contributed by atoms with Crippen molar-refractivity contribution in [1.29, 1.82) is 0 Å². The molecule has 0 N–H and O–H groups in total. The van der Waals surface area contributed by atoms with Crippen molar-refractivity contribution in [2.75, 3.05) is 31.1 Å². The van der Waals surface area contributed by atoms with Crippen molar-refractivity contribution in [3.05, 3.63) is 71.6 Å². The van der Waals surface area contributed by atoms with Gasteiger partial charge in [0, 0.05) is 38.4 Å². The van der Waals surface area contributed by atoms with Crippen LogP contribution < -0.4 is 4.90 Å². The third kappa shape index (κ3) is 4.80. The quantitative estimate of drug-likeness (QED) is 0.371. The van der Waals surface area contributed by atoms with E-state index in [0.29, 0.717) is 13.1 Å². The molecule has 0 atom stereocenters. The number of carbonyl (C=O) groups is 1. The minimum atomic E-state index is -0.470. The number of hydrogen-bond acceptors (Lipinski definition) is 5. The van der Waals surface area contributed by atoms with Crippen LogP contribution in [0.2, 0.25) is 0 Å². The molecule has 4 aromatic rings. The van der Waals surface area contributed by atoms with Crippen LogP contribution in [0.5, 0.6) is 0 Å². The molecular formula is C27H30N4O2S. The van der Waals surface area contributed by atoms with Crippen molar-refractivity contribution in [3.8, 4) is 10.7 Å². The minimum absolute atomic E-state index is 0.228. The molecule has 0 radical (unpaired) electrons. The van der Waals surface area contributed by atoms with E-state index < -0.39 is 5.60 Å². The summed E-state index contributed by atoms with van der Waals surface area (Å²) < 4.78 is 7.84. The number of thiophene rings is 1. The number of hydrogen-bond donors (Lipinski definition) is 0. The zero-order valence-electron chi connectivity index (χ0n) is 19.9. The molecule has 2 aromatic heterocycles. The highest BCUT2D eigenvalue weighted by Crippen LogP contribution is 2.29. The summed E-state index contributed by atoms with van der Waals surface area (Å²) in [6.45, 7) is 9.36. The van der Waals surface area contributed by atoms with Crippen molar-refractivity contribution in [3.63, 3.8) is 0 Å². The number of piperazine rings is 1. The van der Waals surface area contributed by atoms with Crippen LogP contribution in [0.3, 0.4) is 0 Å². The second-order valence-corrected chi connectivity index (χ2v) is 10.6. The first-order valence-corrected chi connectivity index (χ1v) is 12.6. The minimum Gasteiger partial charge on any atom is -0.444 e. The lowest BCUT2D eigenvalue weighted by Crippen LogP contribution is -2.50. The average Bonchev–Trinajstić information content (AvgIpc) is 3.47. The standard InChI is InChI=1S/C27H30N4O2S/c1-27(2,3)33-26(32)30-15-13-29(14-16-30)21-9-6-8-20(18-21)19-31-23-11-5-4-10-22(23)28-25(31)24-12-7-17-34-24/h4-12,17-18H,13-16,19H2,1-3H3. The summed E-state index contributed by atoms with van der Waals surface area (Å²) in [5.74, 6) is 1.01. The van der Waals surface area contributed by atoms with Crippen molar-refractivity contribution in [2.24, 2.45) is 0 Å². The van der Waals surface area contributed by atoms with Crippen molar-refractivity contribution >= 4 is 34.2 Å². The van der Waals surface area contributed by atoms with Gasteiger partial charge in [0.15, 0.2) is 5.82 Å². The second-order valence-electron chi connectivity index (χ2n) is 9.61. The Kier molecular flexibility index (Phi) is 6.04. The summed E-state index contributed by atoms with van der Waals surface area (Å²) in [7, 11) is 0. The molecule has 2 aromatic carbocycles. The van der Waals surface area contributed by atoms with Crippen molar-refractivity contribution < 1.29 is 9.53 Å². The number of fused-ring (bicyclic) bond motifs is 1. The summed E-state index contributed by atoms with van der Waals surface area (Å²) in [5, 5.41) is 2.09. The maximum Gasteiger partial charge on any atom is 0.410 e. The fourth-order valence-electron chi connectivity index (χ4n) is 4.34. The van der Waals surface area contributed by atoms with Crippen LogP contribution in [0.25, 0.3) is 21.7 Å². The Morgan fingerprint density at radius 3 is 2.53 bits per heavy atom. The van der Waals surface area contributed by atoms with Gasteiger partial charge in [-0.2, -0.15) is 0 Å². The monoisotopic (exact) mass is 474 g/mol. The molecule has 34 heavy (non-hydrogen) atoms. The van der Waals surface area contributed by atoms with Gasteiger partial charge in [0.2, 0.25) is 0 Å². The number of rotatable bonds is 4. The lowest BCUT2D eigenvalue weighted by molar-refractivity contribution is 0.0240. The molecule has 1 amide bonds. The molecule has 0 spiro atoms. The molecule has 1 saturated heterocycles. The van der Waals surface area contributed by atoms with Crippen LogP contribution >= 0.6 is 11.3 Å². The Hall–Kier alpha value is -3.32. The Balaban J connectivity index is 1.34. The molecular weight excluding hydrogens is 444 g/mol. The van der Waals surface area contributed by atoms with Crippen LogP contribution in [0.15, 0.2) is 66.0 Å². The predicted octanol–water partition coefficient (Wildman–Crippen LogP) is 5.87. The van der Waals surface area contributed by atoms with Crippen LogP contribution in [-0.2, 0) is 11.3 Å². The van der Waals surface area contributed by atoms with E-state index in [1.54, 1.807) is 16.2 Å². The van der Waals surface area contributed by atoms with Crippen LogP contribution in [-0.4, -0.2) is 52.3 Å². The van der Waals surface area contributed by atoms with E-state index in [2.05, 4.69) is 69.4 Å². The van der Waals surface area contributed by atoms with E-state index in [0.717, 1.165) is 36.5 Å². The highest BCUT2D eigenvalue weighted by Gasteiger charge is 2.26. The lowest BCUT2D eigenvalue weighted by Gasteiger charge is -2.36. The molecule has 5 rings (SSSR count). The summed E-state index contributed by atoms with van der Waals surface area (Å²) in [6.07, 6.45) is -0.228. The predicted molar refractivity (Wildman–Crippen MR) is 139 cm³/mol. The van der Waals surface area contributed by atoms with E-state index >= 15 is 0 Å². The number of amides is 1. The largest absolute Gasteiger partial charge is 0.444 e. The van der Waals surface area contributed by atoms with E-state index in [1.165, 1.54) is 16.1 Å². The van der Waals surface area contributed by atoms with Gasteiger partial charge in [-0.15, -0.1) is 11.3 Å². The number of nitrogens with zero attached hydrogens (tertiary/aromatic N) is 4. The van der Waals surface area contributed by atoms with E-state index in [-0.39, 0.29) is 6.09 Å². The lowest BCUT2D eigenvalue weighted by atomic mass is 10.1. The van der Waals surface area contributed by atoms with Gasteiger partial charge in [0.05, 0.1) is 15.9 Å².